The van der Waals surface area contributed by atoms with Gasteiger partial charge < -0.3 is 9.73 Å². The number of hydrogen-bond acceptors (Lipinski definition) is 2. The molecular formula is C10H13NO2. The van der Waals surface area contributed by atoms with Crippen molar-refractivity contribution in [2.45, 2.75) is 13.3 Å². The number of nitrogens with one attached hydrogen (secondary N) is 1. The van der Waals surface area contributed by atoms with Crippen molar-refractivity contribution in [1.29, 1.82) is 0 Å². The summed E-state index contributed by atoms with van der Waals surface area (Å²) in [7, 11) is 0. The van der Waals surface area contributed by atoms with E-state index in [9.17, 15) is 4.79 Å². The molecule has 0 atom stereocenters. The van der Waals surface area contributed by atoms with Crippen LogP contribution in [0.1, 0.15) is 11.5 Å². The Morgan fingerprint density at radius 2 is 2.46 bits per heavy atom. The highest BCUT2D eigenvalue weighted by Gasteiger charge is 2.04. The van der Waals surface area contributed by atoms with Crippen molar-refractivity contribution in [3.8, 4) is 0 Å². The molecule has 1 rings (SSSR count). The van der Waals surface area contributed by atoms with Crippen molar-refractivity contribution < 1.29 is 9.21 Å². The number of furan rings is 1. The van der Waals surface area contributed by atoms with Crippen LogP contribution in [-0.4, -0.2) is 12.5 Å². The van der Waals surface area contributed by atoms with Gasteiger partial charge in [0.05, 0.1) is 6.42 Å². The second-order valence-electron chi connectivity index (χ2n) is 2.78. The molecule has 0 saturated carbocycles. The van der Waals surface area contributed by atoms with Crippen molar-refractivity contribution in [3.63, 3.8) is 0 Å². The molecule has 0 spiro atoms. The van der Waals surface area contributed by atoms with Gasteiger partial charge in [0.25, 0.3) is 0 Å². The van der Waals surface area contributed by atoms with Crippen LogP contribution in [0.4, 0.5) is 0 Å². The third-order valence-electron chi connectivity index (χ3n) is 1.57. The molecule has 0 radical (unpaired) electrons. The van der Waals surface area contributed by atoms with Gasteiger partial charge in [-0.15, -0.1) is 6.58 Å². The molecule has 0 aliphatic heterocycles. The van der Waals surface area contributed by atoms with Crippen molar-refractivity contribution >= 4 is 5.91 Å². The van der Waals surface area contributed by atoms with Crippen LogP contribution < -0.4 is 5.32 Å². The van der Waals surface area contributed by atoms with Gasteiger partial charge >= 0.3 is 0 Å². The van der Waals surface area contributed by atoms with E-state index in [0.717, 1.165) is 5.76 Å². The number of hydrogen-bond donors (Lipinski definition) is 1. The quantitative estimate of drug-likeness (QED) is 0.710. The summed E-state index contributed by atoms with van der Waals surface area (Å²) >= 11 is 0. The Balaban J connectivity index is 2.40. The average molecular weight is 179 g/mol. The molecule has 1 amide bonds. The highest BCUT2D eigenvalue weighted by Crippen LogP contribution is 2.06. The Bertz CT molecular complexity index is 302. The maximum Gasteiger partial charge on any atom is 0.227 e. The zero-order valence-corrected chi connectivity index (χ0v) is 7.67. The van der Waals surface area contributed by atoms with Crippen molar-refractivity contribution in [2.75, 3.05) is 6.54 Å². The molecule has 13 heavy (non-hydrogen) atoms. The van der Waals surface area contributed by atoms with Gasteiger partial charge in [-0.05, 0) is 19.1 Å². The van der Waals surface area contributed by atoms with E-state index in [1.54, 1.807) is 6.08 Å². The maximum absolute atomic E-state index is 11.2. The summed E-state index contributed by atoms with van der Waals surface area (Å²) in [5.74, 6) is 1.47. The lowest BCUT2D eigenvalue weighted by molar-refractivity contribution is -0.120. The number of rotatable bonds is 4. The highest BCUT2D eigenvalue weighted by molar-refractivity contribution is 5.78. The lowest BCUT2D eigenvalue weighted by Crippen LogP contribution is -2.24. The van der Waals surface area contributed by atoms with Crippen LogP contribution >= 0.6 is 0 Å². The molecule has 1 aromatic rings. The van der Waals surface area contributed by atoms with Crippen molar-refractivity contribution in [3.05, 3.63) is 36.3 Å². The van der Waals surface area contributed by atoms with Gasteiger partial charge in [-0.3, -0.25) is 4.79 Å². The summed E-state index contributed by atoms with van der Waals surface area (Å²) in [4.78, 5) is 11.2. The third kappa shape index (κ3) is 3.15. The van der Waals surface area contributed by atoms with E-state index < -0.39 is 0 Å². The number of carbonyl (C=O) groups is 1. The van der Waals surface area contributed by atoms with E-state index in [4.69, 9.17) is 4.42 Å². The minimum Gasteiger partial charge on any atom is -0.466 e. The van der Waals surface area contributed by atoms with E-state index in [0.29, 0.717) is 18.7 Å². The monoisotopic (exact) mass is 179 g/mol. The average Bonchev–Trinajstić information content (AvgIpc) is 2.48. The molecule has 0 aliphatic carbocycles. The molecule has 1 heterocycles. The summed E-state index contributed by atoms with van der Waals surface area (Å²) in [6.45, 7) is 5.86. The van der Waals surface area contributed by atoms with E-state index in [1.807, 2.05) is 19.1 Å². The molecular weight excluding hydrogens is 166 g/mol. The molecule has 3 nitrogen and oxygen atoms in total. The summed E-state index contributed by atoms with van der Waals surface area (Å²) in [6.07, 6.45) is 1.94. The van der Waals surface area contributed by atoms with Gasteiger partial charge in [-0.1, -0.05) is 6.08 Å². The Kier molecular flexibility index (Phi) is 3.31. The summed E-state index contributed by atoms with van der Waals surface area (Å²) in [5.41, 5.74) is 0. The SMILES string of the molecule is C=CCNC(=O)Cc1ccc(C)o1. The minimum atomic E-state index is -0.0470. The van der Waals surface area contributed by atoms with E-state index >= 15 is 0 Å². The Morgan fingerprint density at radius 1 is 1.69 bits per heavy atom. The second-order valence-corrected chi connectivity index (χ2v) is 2.78. The molecule has 0 aromatic carbocycles. The van der Waals surface area contributed by atoms with Gasteiger partial charge in [-0.25, -0.2) is 0 Å². The van der Waals surface area contributed by atoms with Gasteiger partial charge in [0.1, 0.15) is 11.5 Å². The van der Waals surface area contributed by atoms with Crippen molar-refractivity contribution in [1.82, 2.24) is 5.32 Å². The molecule has 0 unspecified atom stereocenters. The molecule has 0 fully saturated rings. The molecule has 3 heteroatoms. The lowest BCUT2D eigenvalue weighted by Gasteiger charge is -1.98. The first kappa shape index (κ1) is 9.58. The topological polar surface area (TPSA) is 42.2 Å². The van der Waals surface area contributed by atoms with Crippen LogP contribution in [0.5, 0.6) is 0 Å². The molecule has 1 aromatic heterocycles. The normalized spacial score (nSPS) is 9.62. The fourth-order valence-electron chi connectivity index (χ4n) is 0.987. The zero-order chi connectivity index (χ0) is 9.68. The first-order chi connectivity index (χ1) is 6.22. The van der Waals surface area contributed by atoms with Gasteiger partial charge in [0.2, 0.25) is 5.91 Å². The predicted molar refractivity (Wildman–Crippen MR) is 50.4 cm³/mol. The first-order valence-corrected chi connectivity index (χ1v) is 4.15. The lowest BCUT2D eigenvalue weighted by atomic mass is 10.3. The molecule has 0 bridgehead atoms. The molecule has 0 saturated heterocycles. The summed E-state index contributed by atoms with van der Waals surface area (Å²) < 4.78 is 5.25. The van der Waals surface area contributed by atoms with Gasteiger partial charge in [0.15, 0.2) is 0 Å². The third-order valence-corrected chi connectivity index (χ3v) is 1.57. The zero-order valence-electron chi connectivity index (χ0n) is 7.67. The smallest absolute Gasteiger partial charge is 0.227 e. The largest absolute Gasteiger partial charge is 0.466 e. The van der Waals surface area contributed by atoms with E-state index in [-0.39, 0.29) is 5.91 Å². The molecule has 0 aliphatic rings. The van der Waals surface area contributed by atoms with Crippen LogP contribution in [0.3, 0.4) is 0 Å². The number of aryl methyl sites for hydroxylation is 1. The maximum atomic E-state index is 11.2. The Hall–Kier alpha value is -1.51. The Morgan fingerprint density at radius 3 is 3.00 bits per heavy atom. The van der Waals surface area contributed by atoms with Gasteiger partial charge in [0, 0.05) is 6.54 Å². The fraction of sp³-hybridized carbons (Fsp3) is 0.300. The van der Waals surface area contributed by atoms with Crippen LogP contribution in [0.2, 0.25) is 0 Å². The van der Waals surface area contributed by atoms with Crippen LogP contribution in [0.15, 0.2) is 29.2 Å². The van der Waals surface area contributed by atoms with Crippen LogP contribution in [-0.2, 0) is 11.2 Å². The van der Waals surface area contributed by atoms with Gasteiger partial charge in [-0.2, -0.15) is 0 Å². The first-order valence-electron chi connectivity index (χ1n) is 4.15. The number of amides is 1. The summed E-state index contributed by atoms with van der Waals surface area (Å²) in [6, 6.07) is 3.65. The molecule has 1 N–H and O–H groups in total. The predicted octanol–water partition coefficient (Wildman–Crippen LogP) is 1.43. The minimum absolute atomic E-state index is 0.0470. The fourth-order valence-corrected chi connectivity index (χ4v) is 0.987. The van der Waals surface area contributed by atoms with Crippen molar-refractivity contribution in [2.24, 2.45) is 0 Å². The summed E-state index contributed by atoms with van der Waals surface area (Å²) in [5, 5.41) is 2.67. The molecule has 70 valence electrons. The second kappa shape index (κ2) is 4.50. The van der Waals surface area contributed by atoms with E-state index in [2.05, 4.69) is 11.9 Å². The number of carbonyl (C=O) groups excluding carboxylic acids is 1. The van der Waals surface area contributed by atoms with Crippen LogP contribution in [0.25, 0.3) is 0 Å². The highest BCUT2D eigenvalue weighted by atomic mass is 16.3. The standard InChI is InChI=1S/C10H13NO2/c1-3-6-11-10(12)7-9-5-4-8(2)13-9/h3-5H,1,6-7H2,2H3,(H,11,12). The van der Waals surface area contributed by atoms with E-state index in [1.165, 1.54) is 0 Å². The Labute approximate surface area is 77.4 Å². The van der Waals surface area contributed by atoms with Crippen LogP contribution in [0, 0.1) is 6.92 Å².